The van der Waals surface area contributed by atoms with Crippen LogP contribution in [0.5, 0.6) is 5.75 Å². The number of halogens is 1. The van der Waals surface area contributed by atoms with Crippen LogP contribution in [0.1, 0.15) is 6.42 Å². The minimum Gasteiger partial charge on any atom is -0.495 e. The van der Waals surface area contributed by atoms with Crippen molar-refractivity contribution in [2.45, 2.75) is 13.0 Å². The van der Waals surface area contributed by atoms with Gasteiger partial charge in [0, 0.05) is 18.0 Å². The largest absolute Gasteiger partial charge is 0.495 e. The van der Waals surface area contributed by atoms with Crippen molar-refractivity contribution in [3.05, 3.63) is 64.2 Å². The second-order valence-electron chi connectivity index (χ2n) is 6.19. The lowest BCUT2D eigenvalue weighted by Gasteiger charge is -2.11. The molecule has 0 bridgehead atoms. The fraction of sp³-hybridized carbons (Fsp3) is 0.200. The highest BCUT2D eigenvalue weighted by Gasteiger charge is 2.11. The molecule has 150 valence electrons. The van der Waals surface area contributed by atoms with E-state index in [-0.39, 0.29) is 31.0 Å². The molecule has 0 atom stereocenters. The van der Waals surface area contributed by atoms with Gasteiger partial charge >= 0.3 is 0 Å². The fourth-order valence-corrected chi connectivity index (χ4v) is 2.91. The molecule has 0 aliphatic rings. The molecule has 2 amide bonds. The summed E-state index contributed by atoms with van der Waals surface area (Å²) in [5.41, 5.74) is 0.726. The van der Waals surface area contributed by atoms with Crippen molar-refractivity contribution in [2.24, 2.45) is 0 Å². The molecule has 3 rings (SSSR count). The van der Waals surface area contributed by atoms with Crippen LogP contribution in [-0.2, 0) is 16.1 Å². The number of ether oxygens (including phenoxy) is 1. The van der Waals surface area contributed by atoms with Gasteiger partial charge in [0.1, 0.15) is 12.3 Å². The third kappa shape index (κ3) is 5.11. The van der Waals surface area contributed by atoms with Gasteiger partial charge in [-0.25, -0.2) is 4.98 Å². The molecule has 3 aromatic rings. The Labute approximate surface area is 171 Å². The molecule has 0 aliphatic carbocycles. The molecular formula is C20H19ClN4O4. The number of para-hydroxylation sites is 1. The lowest BCUT2D eigenvalue weighted by atomic mass is 10.2. The zero-order valence-electron chi connectivity index (χ0n) is 15.6. The van der Waals surface area contributed by atoms with E-state index in [0.717, 1.165) is 0 Å². The normalized spacial score (nSPS) is 10.6. The Morgan fingerprint density at radius 3 is 2.76 bits per heavy atom. The second kappa shape index (κ2) is 9.20. The van der Waals surface area contributed by atoms with Gasteiger partial charge < -0.3 is 15.4 Å². The quantitative estimate of drug-likeness (QED) is 0.617. The van der Waals surface area contributed by atoms with E-state index in [4.69, 9.17) is 16.3 Å². The summed E-state index contributed by atoms with van der Waals surface area (Å²) >= 11 is 5.93. The Morgan fingerprint density at radius 1 is 1.17 bits per heavy atom. The van der Waals surface area contributed by atoms with Gasteiger partial charge in [0.25, 0.3) is 5.56 Å². The standard InChI is InChI=1S/C20H19ClN4O4/c1-29-17-7-6-13(21)10-16(17)24-18(26)8-9-22-19(27)11-25-12-23-15-5-3-2-4-14(15)20(25)28/h2-7,10,12H,8-9,11H2,1H3,(H,22,27)(H,24,26). The van der Waals surface area contributed by atoms with Crippen LogP contribution in [0.25, 0.3) is 10.9 Å². The van der Waals surface area contributed by atoms with Gasteiger partial charge in [-0.1, -0.05) is 23.7 Å². The predicted octanol–water partition coefficient (Wildman–Crippen LogP) is 2.20. The van der Waals surface area contributed by atoms with Gasteiger partial charge in [-0.2, -0.15) is 0 Å². The van der Waals surface area contributed by atoms with Crippen LogP contribution in [0.15, 0.2) is 53.6 Å². The lowest BCUT2D eigenvalue weighted by molar-refractivity contribution is -0.121. The first-order valence-electron chi connectivity index (χ1n) is 8.82. The number of methoxy groups -OCH3 is 1. The van der Waals surface area contributed by atoms with E-state index in [1.165, 1.54) is 18.0 Å². The van der Waals surface area contributed by atoms with E-state index in [0.29, 0.717) is 27.4 Å². The molecule has 2 aromatic carbocycles. The molecule has 9 heteroatoms. The fourth-order valence-electron chi connectivity index (χ4n) is 2.74. The highest BCUT2D eigenvalue weighted by atomic mass is 35.5. The van der Waals surface area contributed by atoms with Crippen LogP contribution in [0.2, 0.25) is 5.02 Å². The summed E-state index contributed by atoms with van der Waals surface area (Å²) in [5.74, 6) is -0.220. The number of benzene rings is 2. The molecule has 0 saturated carbocycles. The Hall–Kier alpha value is -3.39. The van der Waals surface area contributed by atoms with Crippen molar-refractivity contribution in [1.82, 2.24) is 14.9 Å². The molecule has 0 aliphatic heterocycles. The van der Waals surface area contributed by atoms with E-state index >= 15 is 0 Å². The summed E-state index contributed by atoms with van der Waals surface area (Å²) < 4.78 is 6.40. The topological polar surface area (TPSA) is 102 Å². The number of carbonyl (C=O) groups is 2. The maximum atomic E-state index is 12.4. The number of aromatic nitrogens is 2. The van der Waals surface area contributed by atoms with E-state index < -0.39 is 5.91 Å². The van der Waals surface area contributed by atoms with Crippen molar-refractivity contribution in [3.8, 4) is 5.75 Å². The number of carbonyl (C=O) groups excluding carboxylic acids is 2. The van der Waals surface area contributed by atoms with Crippen molar-refractivity contribution >= 4 is 40.0 Å². The summed E-state index contributed by atoms with van der Waals surface area (Å²) in [5, 5.41) is 6.21. The van der Waals surface area contributed by atoms with Crippen LogP contribution in [0.3, 0.4) is 0 Å². The first-order chi connectivity index (χ1) is 14.0. The van der Waals surface area contributed by atoms with Crippen LogP contribution < -0.4 is 20.9 Å². The van der Waals surface area contributed by atoms with Crippen LogP contribution in [0.4, 0.5) is 5.69 Å². The predicted molar refractivity (Wildman–Crippen MR) is 110 cm³/mol. The molecule has 0 unspecified atom stereocenters. The van der Waals surface area contributed by atoms with Crippen LogP contribution in [0, 0.1) is 0 Å². The first kappa shape index (κ1) is 20.3. The van der Waals surface area contributed by atoms with Crippen LogP contribution in [-0.4, -0.2) is 35.0 Å². The van der Waals surface area contributed by atoms with Gasteiger partial charge in [0.05, 0.1) is 30.0 Å². The summed E-state index contributed by atoms with van der Waals surface area (Å²) in [6.07, 6.45) is 1.38. The molecule has 0 spiro atoms. The van der Waals surface area contributed by atoms with Crippen LogP contribution >= 0.6 is 11.6 Å². The maximum absolute atomic E-state index is 12.4. The number of amides is 2. The summed E-state index contributed by atoms with van der Waals surface area (Å²) in [7, 11) is 1.49. The van der Waals surface area contributed by atoms with Crippen molar-refractivity contribution < 1.29 is 14.3 Å². The minimum atomic E-state index is -0.391. The lowest BCUT2D eigenvalue weighted by Crippen LogP contribution is -2.34. The SMILES string of the molecule is COc1ccc(Cl)cc1NC(=O)CCNC(=O)Cn1cnc2ccccc2c1=O. The van der Waals surface area contributed by atoms with Gasteiger partial charge in [-0.3, -0.25) is 19.0 Å². The van der Waals surface area contributed by atoms with Gasteiger partial charge in [0.15, 0.2) is 0 Å². The number of nitrogens with zero attached hydrogens (tertiary/aromatic N) is 2. The number of nitrogens with one attached hydrogen (secondary N) is 2. The van der Waals surface area contributed by atoms with Gasteiger partial charge in [-0.15, -0.1) is 0 Å². The van der Waals surface area contributed by atoms with E-state index in [2.05, 4.69) is 15.6 Å². The smallest absolute Gasteiger partial charge is 0.261 e. The average Bonchev–Trinajstić information content (AvgIpc) is 2.70. The highest BCUT2D eigenvalue weighted by molar-refractivity contribution is 6.31. The molecule has 2 N–H and O–H groups in total. The molecule has 1 aromatic heterocycles. The maximum Gasteiger partial charge on any atom is 0.261 e. The number of rotatable bonds is 7. The Kier molecular flexibility index (Phi) is 6.46. The highest BCUT2D eigenvalue weighted by Crippen LogP contribution is 2.27. The molecule has 1 heterocycles. The van der Waals surface area contributed by atoms with E-state index in [9.17, 15) is 14.4 Å². The molecule has 0 saturated heterocycles. The minimum absolute atomic E-state index is 0.0479. The number of fused-ring (bicyclic) bond motifs is 1. The number of hydrogen-bond acceptors (Lipinski definition) is 5. The van der Waals surface area contributed by atoms with Crippen molar-refractivity contribution in [1.29, 1.82) is 0 Å². The zero-order valence-corrected chi connectivity index (χ0v) is 16.4. The average molecular weight is 415 g/mol. The summed E-state index contributed by atoms with van der Waals surface area (Å²) in [6.45, 7) is -0.0658. The second-order valence-corrected chi connectivity index (χ2v) is 6.62. The number of hydrogen-bond donors (Lipinski definition) is 2. The third-order valence-electron chi connectivity index (χ3n) is 4.16. The molecule has 8 nitrogen and oxygen atoms in total. The molecule has 29 heavy (non-hydrogen) atoms. The van der Waals surface area contributed by atoms with Gasteiger partial charge in [-0.05, 0) is 30.3 Å². The van der Waals surface area contributed by atoms with E-state index in [1.54, 1.807) is 42.5 Å². The summed E-state index contributed by atoms with van der Waals surface area (Å²) in [4.78, 5) is 40.8. The molecular weight excluding hydrogens is 396 g/mol. The third-order valence-corrected chi connectivity index (χ3v) is 4.39. The number of anilines is 1. The van der Waals surface area contributed by atoms with Gasteiger partial charge in [0.2, 0.25) is 11.8 Å². The van der Waals surface area contributed by atoms with E-state index in [1.807, 2.05) is 0 Å². The monoisotopic (exact) mass is 414 g/mol. The first-order valence-corrected chi connectivity index (χ1v) is 9.20. The Bertz CT molecular complexity index is 1110. The molecule has 0 fully saturated rings. The van der Waals surface area contributed by atoms with Crippen molar-refractivity contribution in [2.75, 3.05) is 19.0 Å². The Balaban J connectivity index is 1.53. The summed E-state index contributed by atoms with van der Waals surface area (Å²) in [6, 6.07) is 11.8. The molecule has 0 radical (unpaired) electrons. The van der Waals surface area contributed by atoms with Crippen molar-refractivity contribution in [3.63, 3.8) is 0 Å². The Morgan fingerprint density at radius 2 is 1.97 bits per heavy atom. The zero-order chi connectivity index (χ0) is 20.8.